The van der Waals surface area contributed by atoms with Gasteiger partial charge in [-0.25, -0.2) is 0 Å². The predicted molar refractivity (Wildman–Crippen MR) is 89.3 cm³/mol. The summed E-state index contributed by atoms with van der Waals surface area (Å²) in [6.45, 7) is 0. The minimum absolute atomic E-state index is 0. The van der Waals surface area contributed by atoms with E-state index >= 15 is 0 Å². The zero-order valence-electron chi connectivity index (χ0n) is 10.4. The van der Waals surface area contributed by atoms with E-state index in [9.17, 15) is 0 Å². The Balaban J connectivity index is 0.00000110. The summed E-state index contributed by atoms with van der Waals surface area (Å²) in [5.41, 5.74) is 0. The van der Waals surface area contributed by atoms with Crippen molar-refractivity contribution in [2.45, 2.75) is 0 Å². The topological polar surface area (TPSA) is 0 Å². The van der Waals surface area contributed by atoms with E-state index in [0.717, 1.165) is 0 Å². The molecule has 0 bridgehead atoms. The van der Waals surface area contributed by atoms with E-state index in [1.807, 2.05) is 0 Å². The molecule has 92 valence electrons. The van der Waals surface area contributed by atoms with E-state index in [1.54, 1.807) is 0 Å². The van der Waals surface area contributed by atoms with Gasteiger partial charge in [0.1, 0.15) is 0 Å². The van der Waals surface area contributed by atoms with Crippen LogP contribution in [0.2, 0.25) is 0 Å². The van der Waals surface area contributed by atoms with Crippen LogP contribution in [0.25, 0.3) is 32.3 Å². The molecular weight excluding hydrogens is 248 g/mol. The zero-order chi connectivity index (χ0) is 11.9. The molecule has 0 amide bonds. The molecule has 4 aromatic carbocycles. The fourth-order valence-corrected chi connectivity index (χ4v) is 2.63. The van der Waals surface area contributed by atoms with Crippen molar-refractivity contribution < 1.29 is 0 Å². The SMILES string of the molecule is S.c1ccc2cc3cc4ccccc4cc3cc2c1. The van der Waals surface area contributed by atoms with E-state index in [1.165, 1.54) is 32.3 Å². The molecule has 0 fully saturated rings. The molecule has 0 heterocycles. The number of benzene rings is 4. The second-order valence-electron chi connectivity index (χ2n) is 4.75. The monoisotopic (exact) mass is 262 g/mol. The minimum atomic E-state index is 0. The molecule has 0 saturated heterocycles. The van der Waals surface area contributed by atoms with Crippen molar-refractivity contribution in [1.82, 2.24) is 0 Å². The molecule has 0 radical (unpaired) electrons. The number of hydrogen-bond donors (Lipinski definition) is 0. The maximum atomic E-state index is 2.27. The van der Waals surface area contributed by atoms with Gasteiger partial charge in [-0.1, -0.05) is 48.5 Å². The van der Waals surface area contributed by atoms with Crippen molar-refractivity contribution in [3.63, 3.8) is 0 Å². The van der Waals surface area contributed by atoms with Crippen LogP contribution >= 0.6 is 13.5 Å². The maximum absolute atomic E-state index is 2.27. The van der Waals surface area contributed by atoms with Crippen molar-refractivity contribution >= 4 is 45.8 Å². The van der Waals surface area contributed by atoms with Crippen LogP contribution in [0, 0.1) is 0 Å². The van der Waals surface area contributed by atoms with Gasteiger partial charge in [0.15, 0.2) is 0 Å². The third-order valence-electron chi connectivity index (χ3n) is 3.57. The molecule has 0 saturated carbocycles. The summed E-state index contributed by atoms with van der Waals surface area (Å²) in [5.74, 6) is 0. The molecule has 0 aromatic heterocycles. The Hall–Kier alpha value is -1.99. The van der Waals surface area contributed by atoms with Gasteiger partial charge in [-0.2, -0.15) is 13.5 Å². The molecule has 0 atom stereocenters. The van der Waals surface area contributed by atoms with Crippen LogP contribution in [-0.2, 0) is 0 Å². The smallest absolute Gasteiger partial charge is 0.0171 e. The van der Waals surface area contributed by atoms with Crippen molar-refractivity contribution in [2.75, 3.05) is 0 Å². The average molecular weight is 262 g/mol. The maximum Gasteiger partial charge on any atom is -0.0171 e. The van der Waals surface area contributed by atoms with Gasteiger partial charge >= 0.3 is 0 Å². The molecule has 4 aromatic rings. The summed E-state index contributed by atoms with van der Waals surface area (Å²) in [7, 11) is 0. The number of fused-ring (bicyclic) bond motifs is 3. The lowest BCUT2D eigenvalue weighted by Gasteiger charge is -2.04. The van der Waals surface area contributed by atoms with Crippen LogP contribution in [0.3, 0.4) is 0 Å². The first-order valence-electron chi connectivity index (χ1n) is 6.21. The fraction of sp³-hybridized carbons (Fsp3) is 0. The number of rotatable bonds is 0. The van der Waals surface area contributed by atoms with E-state index in [2.05, 4.69) is 72.8 Å². The molecule has 0 spiro atoms. The van der Waals surface area contributed by atoms with Gasteiger partial charge in [-0.3, -0.25) is 0 Å². The van der Waals surface area contributed by atoms with Gasteiger partial charge in [0.25, 0.3) is 0 Å². The molecule has 0 unspecified atom stereocenters. The third kappa shape index (κ3) is 1.96. The highest BCUT2D eigenvalue weighted by atomic mass is 32.1. The summed E-state index contributed by atoms with van der Waals surface area (Å²) < 4.78 is 0. The van der Waals surface area contributed by atoms with Crippen LogP contribution in [0.1, 0.15) is 0 Å². The van der Waals surface area contributed by atoms with E-state index in [4.69, 9.17) is 0 Å². The Bertz CT molecular complexity index is 734. The van der Waals surface area contributed by atoms with Gasteiger partial charge in [0, 0.05) is 0 Å². The average Bonchev–Trinajstić information content (AvgIpc) is 2.42. The Morgan fingerprint density at radius 3 is 0.895 bits per heavy atom. The first kappa shape index (κ1) is 12.1. The zero-order valence-corrected chi connectivity index (χ0v) is 11.4. The Morgan fingerprint density at radius 1 is 0.368 bits per heavy atom. The lowest BCUT2D eigenvalue weighted by molar-refractivity contribution is 1.77. The standard InChI is InChI=1S/C18H12.H2S/c1-2-6-14-10-18-12-16-8-4-3-7-15(16)11-17(18)9-13(14)5-1;/h1-12H;1H2. The van der Waals surface area contributed by atoms with Gasteiger partial charge in [-0.05, 0) is 56.6 Å². The molecule has 1 heteroatoms. The van der Waals surface area contributed by atoms with Gasteiger partial charge < -0.3 is 0 Å². The highest BCUT2D eigenvalue weighted by Crippen LogP contribution is 2.27. The van der Waals surface area contributed by atoms with Crippen LogP contribution in [0.5, 0.6) is 0 Å². The van der Waals surface area contributed by atoms with Gasteiger partial charge in [0.05, 0.1) is 0 Å². The quantitative estimate of drug-likeness (QED) is 0.379. The van der Waals surface area contributed by atoms with Gasteiger partial charge in [-0.15, -0.1) is 0 Å². The highest BCUT2D eigenvalue weighted by Gasteiger charge is 2.00. The first-order chi connectivity index (χ1) is 8.90. The van der Waals surface area contributed by atoms with Crippen molar-refractivity contribution in [1.29, 1.82) is 0 Å². The largest absolute Gasteiger partial charge is 0.197 e. The molecule has 0 aliphatic rings. The minimum Gasteiger partial charge on any atom is -0.197 e. The summed E-state index contributed by atoms with van der Waals surface area (Å²) in [5, 5.41) is 7.85. The lowest BCUT2D eigenvalue weighted by Crippen LogP contribution is -1.78. The molecule has 0 aliphatic carbocycles. The van der Waals surface area contributed by atoms with E-state index in [-0.39, 0.29) is 13.5 Å². The number of hydrogen-bond acceptors (Lipinski definition) is 0. The molecule has 19 heavy (non-hydrogen) atoms. The van der Waals surface area contributed by atoms with E-state index < -0.39 is 0 Å². The summed E-state index contributed by atoms with van der Waals surface area (Å²) >= 11 is 0. The Morgan fingerprint density at radius 2 is 0.632 bits per heavy atom. The molecule has 4 rings (SSSR count). The van der Waals surface area contributed by atoms with Gasteiger partial charge in [0.2, 0.25) is 0 Å². The molecule has 0 aliphatic heterocycles. The second kappa shape index (κ2) is 4.60. The second-order valence-corrected chi connectivity index (χ2v) is 4.75. The molecule has 0 nitrogen and oxygen atoms in total. The van der Waals surface area contributed by atoms with Crippen molar-refractivity contribution in [3.05, 3.63) is 72.8 Å². The third-order valence-corrected chi connectivity index (χ3v) is 3.57. The van der Waals surface area contributed by atoms with E-state index in [0.29, 0.717) is 0 Å². The normalized spacial score (nSPS) is 10.7. The van der Waals surface area contributed by atoms with Crippen molar-refractivity contribution in [2.24, 2.45) is 0 Å². The van der Waals surface area contributed by atoms with Crippen LogP contribution in [-0.4, -0.2) is 0 Å². The summed E-state index contributed by atoms with van der Waals surface area (Å²) in [6, 6.07) is 26.2. The Labute approximate surface area is 119 Å². The summed E-state index contributed by atoms with van der Waals surface area (Å²) in [4.78, 5) is 0. The van der Waals surface area contributed by atoms with Crippen LogP contribution in [0.15, 0.2) is 72.8 Å². The lowest BCUT2D eigenvalue weighted by atomic mass is 10.00. The first-order valence-corrected chi connectivity index (χ1v) is 6.21. The molecular formula is C18H14S. The molecule has 0 N–H and O–H groups in total. The predicted octanol–water partition coefficient (Wildman–Crippen LogP) is 5.26. The van der Waals surface area contributed by atoms with Crippen LogP contribution < -0.4 is 0 Å². The summed E-state index contributed by atoms with van der Waals surface area (Å²) in [6.07, 6.45) is 0. The fourth-order valence-electron chi connectivity index (χ4n) is 2.63. The van der Waals surface area contributed by atoms with Crippen molar-refractivity contribution in [3.8, 4) is 0 Å². The Kier molecular flexibility index (Phi) is 2.92. The highest BCUT2D eigenvalue weighted by molar-refractivity contribution is 7.59. The van der Waals surface area contributed by atoms with Crippen LogP contribution in [0.4, 0.5) is 0 Å².